The molecule has 1 saturated heterocycles. The van der Waals surface area contributed by atoms with Gasteiger partial charge < -0.3 is 19.9 Å². The highest BCUT2D eigenvalue weighted by molar-refractivity contribution is 7.92. The average molecular weight is 398 g/mol. The van der Waals surface area contributed by atoms with Crippen molar-refractivity contribution >= 4 is 15.9 Å². The smallest absolute Gasteiger partial charge is 0.317 e. The molecule has 1 aromatic carbocycles. The van der Waals surface area contributed by atoms with E-state index < -0.39 is 15.1 Å². The summed E-state index contributed by atoms with van der Waals surface area (Å²) in [6, 6.07) is 4.87. The fraction of sp³-hybridized carbons (Fsp3) is 0.632. The van der Waals surface area contributed by atoms with Gasteiger partial charge in [-0.3, -0.25) is 0 Å². The Morgan fingerprint density at radius 3 is 2.74 bits per heavy atom. The molecule has 1 N–H and O–H groups in total. The highest BCUT2D eigenvalue weighted by Crippen LogP contribution is 2.28. The molecule has 0 radical (unpaired) electrons. The van der Waals surface area contributed by atoms with Gasteiger partial charge in [0.05, 0.1) is 16.8 Å². The molecule has 1 aliphatic rings. The third-order valence-electron chi connectivity index (χ3n) is 4.70. The minimum atomic E-state index is -3.51. The van der Waals surface area contributed by atoms with Gasteiger partial charge >= 0.3 is 6.03 Å². The molecule has 0 aliphatic carbocycles. The van der Waals surface area contributed by atoms with E-state index >= 15 is 0 Å². The van der Waals surface area contributed by atoms with Crippen molar-refractivity contribution < 1.29 is 17.9 Å². The number of aryl methyl sites for hydroxylation is 1. The summed E-state index contributed by atoms with van der Waals surface area (Å²) >= 11 is 0. The quantitative estimate of drug-likeness (QED) is 0.760. The number of nitrogens with zero attached hydrogens (tertiary/aromatic N) is 2. The average Bonchev–Trinajstić information content (AvgIpc) is 2.61. The zero-order chi connectivity index (χ0) is 20.0. The number of benzene rings is 1. The second-order valence-corrected chi connectivity index (χ2v) is 9.35. The van der Waals surface area contributed by atoms with Crippen molar-refractivity contribution in [3.8, 4) is 5.75 Å². The number of carbonyl (C=O) groups excluding carboxylic acids is 1. The first-order chi connectivity index (χ1) is 12.8. The molecule has 7 nitrogen and oxygen atoms in total. The predicted octanol–water partition coefficient (Wildman–Crippen LogP) is 1.90. The number of likely N-dealkylation sites (N-methyl/N-ethyl adjacent to an activating group) is 1. The van der Waals surface area contributed by atoms with Gasteiger partial charge in [0.15, 0.2) is 9.84 Å². The van der Waals surface area contributed by atoms with Gasteiger partial charge in [0.1, 0.15) is 5.75 Å². The van der Waals surface area contributed by atoms with Gasteiger partial charge in [-0.1, -0.05) is 0 Å². The molecule has 8 heteroatoms. The second kappa shape index (κ2) is 9.41. The Hall–Kier alpha value is -1.80. The summed E-state index contributed by atoms with van der Waals surface area (Å²) in [5, 5.41) is 2.28. The third-order valence-corrected chi connectivity index (χ3v) is 7.04. The molecule has 0 saturated carbocycles. The largest absolute Gasteiger partial charge is 0.494 e. The maximum atomic E-state index is 13.1. The van der Waals surface area contributed by atoms with Crippen molar-refractivity contribution in [2.24, 2.45) is 0 Å². The van der Waals surface area contributed by atoms with Crippen LogP contribution in [-0.2, 0) is 9.84 Å². The molecule has 0 spiro atoms. The number of rotatable bonds is 7. The van der Waals surface area contributed by atoms with E-state index in [0.29, 0.717) is 48.7 Å². The van der Waals surface area contributed by atoms with Crippen molar-refractivity contribution in [3.05, 3.63) is 23.8 Å². The Labute approximate surface area is 162 Å². The molecule has 2 amide bonds. The molecule has 27 heavy (non-hydrogen) atoms. The van der Waals surface area contributed by atoms with Gasteiger partial charge in [0.25, 0.3) is 0 Å². The van der Waals surface area contributed by atoms with Gasteiger partial charge in [-0.2, -0.15) is 0 Å². The molecule has 1 aliphatic heterocycles. The van der Waals surface area contributed by atoms with Crippen LogP contribution in [0.15, 0.2) is 23.1 Å². The third kappa shape index (κ3) is 5.59. The van der Waals surface area contributed by atoms with E-state index in [1.54, 1.807) is 30.0 Å². The van der Waals surface area contributed by atoms with Crippen molar-refractivity contribution in [1.29, 1.82) is 0 Å². The van der Waals surface area contributed by atoms with Crippen LogP contribution in [-0.4, -0.2) is 76.4 Å². The lowest BCUT2D eigenvalue weighted by Gasteiger charge is -2.33. The van der Waals surface area contributed by atoms with E-state index in [1.807, 2.05) is 25.9 Å². The molecular weight excluding hydrogens is 366 g/mol. The Morgan fingerprint density at radius 1 is 1.37 bits per heavy atom. The molecule has 2 rings (SSSR count). The number of nitrogens with one attached hydrogen (secondary N) is 1. The van der Waals surface area contributed by atoms with Gasteiger partial charge in [-0.15, -0.1) is 0 Å². The van der Waals surface area contributed by atoms with Crippen LogP contribution in [0.5, 0.6) is 5.75 Å². The number of piperidine rings is 1. The summed E-state index contributed by atoms with van der Waals surface area (Å²) in [6.07, 6.45) is 1.25. The van der Waals surface area contributed by atoms with Crippen LogP contribution in [0.1, 0.15) is 25.3 Å². The summed E-state index contributed by atoms with van der Waals surface area (Å²) in [6.45, 7) is 6.30. The van der Waals surface area contributed by atoms with E-state index in [2.05, 4.69) is 5.32 Å². The Kier molecular flexibility index (Phi) is 7.49. The summed E-state index contributed by atoms with van der Waals surface area (Å²) in [7, 11) is 0.368. The number of likely N-dealkylation sites (tertiary alicyclic amines) is 1. The number of hydrogen-bond donors (Lipinski definition) is 1. The Balaban J connectivity index is 2.08. The SMILES string of the molecule is CCOc1ccc(S(=O)(=O)C2CCCN(C(=O)NCCN(C)C)C2)c(C)c1. The minimum Gasteiger partial charge on any atom is -0.494 e. The lowest BCUT2D eigenvalue weighted by atomic mass is 10.1. The van der Waals surface area contributed by atoms with Crippen LogP contribution >= 0.6 is 0 Å². The topological polar surface area (TPSA) is 79.0 Å². The fourth-order valence-corrected chi connectivity index (χ4v) is 5.23. The molecule has 152 valence electrons. The zero-order valence-corrected chi connectivity index (χ0v) is 17.5. The lowest BCUT2D eigenvalue weighted by Crippen LogP contribution is -2.50. The first kappa shape index (κ1) is 21.5. The first-order valence-corrected chi connectivity index (χ1v) is 10.9. The maximum absolute atomic E-state index is 13.1. The molecular formula is C19H31N3O4S. The Morgan fingerprint density at radius 2 is 2.11 bits per heavy atom. The normalized spacial score (nSPS) is 17.8. The zero-order valence-electron chi connectivity index (χ0n) is 16.7. The van der Waals surface area contributed by atoms with Crippen LogP contribution in [0, 0.1) is 6.92 Å². The number of sulfone groups is 1. The van der Waals surface area contributed by atoms with Crippen LogP contribution < -0.4 is 10.1 Å². The minimum absolute atomic E-state index is 0.194. The van der Waals surface area contributed by atoms with Crippen LogP contribution in [0.25, 0.3) is 0 Å². The summed E-state index contributed by atoms with van der Waals surface area (Å²) in [5.41, 5.74) is 0.675. The summed E-state index contributed by atoms with van der Waals surface area (Å²) < 4.78 is 31.7. The summed E-state index contributed by atoms with van der Waals surface area (Å²) in [5.74, 6) is 0.666. The van der Waals surface area contributed by atoms with Crippen LogP contribution in [0.2, 0.25) is 0 Å². The maximum Gasteiger partial charge on any atom is 0.317 e. The number of ether oxygens (including phenoxy) is 1. The van der Waals surface area contributed by atoms with Crippen molar-refractivity contribution in [2.45, 2.75) is 36.8 Å². The molecule has 1 heterocycles. The Bertz CT molecular complexity index is 749. The molecule has 0 aromatic heterocycles. The van der Waals surface area contributed by atoms with E-state index in [0.717, 1.165) is 6.54 Å². The lowest BCUT2D eigenvalue weighted by molar-refractivity contribution is 0.186. The van der Waals surface area contributed by atoms with Gasteiger partial charge in [-0.05, 0) is 64.5 Å². The molecule has 1 atom stereocenters. The molecule has 1 unspecified atom stereocenters. The molecule has 1 aromatic rings. The number of amides is 2. The van der Waals surface area contributed by atoms with Crippen LogP contribution in [0.3, 0.4) is 0 Å². The van der Waals surface area contributed by atoms with Crippen LogP contribution in [0.4, 0.5) is 4.79 Å². The second-order valence-electron chi connectivity index (χ2n) is 7.15. The molecule has 0 bridgehead atoms. The number of urea groups is 1. The fourth-order valence-electron chi connectivity index (χ4n) is 3.25. The van der Waals surface area contributed by atoms with E-state index in [4.69, 9.17) is 4.74 Å². The van der Waals surface area contributed by atoms with E-state index in [1.165, 1.54) is 0 Å². The number of carbonyl (C=O) groups is 1. The first-order valence-electron chi connectivity index (χ1n) is 9.40. The summed E-state index contributed by atoms with van der Waals surface area (Å²) in [4.78, 5) is 16.3. The van der Waals surface area contributed by atoms with Crippen molar-refractivity contribution in [3.63, 3.8) is 0 Å². The van der Waals surface area contributed by atoms with E-state index in [9.17, 15) is 13.2 Å². The predicted molar refractivity (Wildman–Crippen MR) is 106 cm³/mol. The number of hydrogen-bond acceptors (Lipinski definition) is 5. The van der Waals surface area contributed by atoms with Gasteiger partial charge in [0.2, 0.25) is 0 Å². The monoisotopic (exact) mass is 397 g/mol. The highest BCUT2D eigenvalue weighted by Gasteiger charge is 2.34. The molecule has 1 fully saturated rings. The van der Waals surface area contributed by atoms with Gasteiger partial charge in [-0.25, -0.2) is 13.2 Å². The van der Waals surface area contributed by atoms with Crippen molar-refractivity contribution in [2.75, 3.05) is 46.9 Å². The van der Waals surface area contributed by atoms with Gasteiger partial charge in [0, 0.05) is 26.2 Å². The standard InChI is InChI=1S/C19H31N3O4S/c1-5-26-16-8-9-18(15(2)13-16)27(24,25)17-7-6-11-22(14-17)19(23)20-10-12-21(3)4/h8-9,13,17H,5-7,10-12,14H2,1-4H3,(H,20,23). The van der Waals surface area contributed by atoms with Crippen molar-refractivity contribution in [1.82, 2.24) is 15.1 Å². The highest BCUT2D eigenvalue weighted by atomic mass is 32.2. The van der Waals surface area contributed by atoms with E-state index in [-0.39, 0.29) is 12.6 Å².